The number of nitro groups is 2. The van der Waals surface area contributed by atoms with Crippen molar-refractivity contribution < 1.29 is 19.7 Å². The van der Waals surface area contributed by atoms with Gasteiger partial charge >= 0.3 is 11.0 Å². The van der Waals surface area contributed by atoms with Crippen LogP contribution in [0.1, 0.15) is 5.56 Å². The Balaban J connectivity index is 2.97. The van der Waals surface area contributed by atoms with Crippen molar-refractivity contribution >= 4 is 18.6 Å². The standard InChI is InChI=1S/C10H11N3O6S/c14-9(15)8(10(20,12(16)17)13(18)19)11-6-7-4-2-1-3-5-7/h1-5,8,11,20H,6H2,(H,14,15)/t8-/m1/s1. The van der Waals surface area contributed by atoms with Crippen LogP contribution in [-0.4, -0.2) is 32.0 Å². The van der Waals surface area contributed by atoms with Gasteiger partial charge in [-0.2, -0.15) is 0 Å². The molecular weight excluding hydrogens is 290 g/mol. The first-order valence-electron chi connectivity index (χ1n) is 5.31. The summed E-state index contributed by atoms with van der Waals surface area (Å²) in [5.41, 5.74) is 0.626. The SMILES string of the molecule is O=C(O)[C@@H](NCc1ccccc1)C(S)([N+](=O)[O-])[N+](=O)[O-]. The smallest absolute Gasteiger partial charge is 0.480 e. The first kappa shape index (κ1) is 15.9. The molecule has 1 aromatic rings. The average molecular weight is 301 g/mol. The molecule has 0 radical (unpaired) electrons. The molecule has 0 aliphatic carbocycles. The zero-order valence-electron chi connectivity index (χ0n) is 10.0. The Morgan fingerprint density at radius 1 is 1.30 bits per heavy atom. The predicted octanol–water partition coefficient (Wildman–Crippen LogP) is 0.366. The summed E-state index contributed by atoms with van der Waals surface area (Å²) in [7, 11) is 0. The number of thiol groups is 1. The Bertz CT molecular complexity index is 509. The van der Waals surface area contributed by atoms with E-state index in [-0.39, 0.29) is 6.54 Å². The molecule has 1 atom stereocenters. The highest BCUT2D eigenvalue weighted by Gasteiger charge is 2.63. The van der Waals surface area contributed by atoms with Crippen LogP contribution in [0.3, 0.4) is 0 Å². The Morgan fingerprint density at radius 3 is 2.20 bits per heavy atom. The van der Waals surface area contributed by atoms with Crippen LogP contribution in [0.25, 0.3) is 0 Å². The van der Waals surface area contributed by atoms with Crippen LogP contribution in [-0.2, 0) is 11.3 Å². The lowest BCUT2D eigenvalue weighted by atomic mass is 10.2. The number of nitrogens with zero attached hydrogens (tertiary/aromatic N) is 2. The molecular formula is C10H11N3O6S. The number of rotatable bonds is 7. The van der Waals surface area contributed by atoms with Crippen molar-refractivity contribution in [1.29, 1.82) is 0 Å². The van der Waals surface area contributed by atoms with E-state index in [2.05, 4.69) is 17.9 Å². The van der Waals surface area contributed by atoms with Crippen molar-refractivity contribution in [2.45, 2.75) is 17.6 Å². The minimum atomic E-state index is -3.15. The third kappa shape index (κ3) is 3.22. The summed E-state index contributed by atoms with van der Waals surface area (Å²) in [5, 5.41) is 32.9. The molecule has 0 bridgehead atoms. The zero-order valence-corrected chi connectivity index (χ0v) is 10.9. The minimum absolute atomic E-state index is 0.0816. The van der Waals surface area contributed by atoms with E-state index in [0.29, 0.717) is 5.56 Å². The third-order valence-electron chi connectivity index (χ3n) is 2.52. The Morgan fingerprint density at radius 2 is 1.80 bits per heavy atom. The van der Waals surface area contributed by atoms with Gasteiger partial charge in [-0.1, -0.05) is 30.3 Å². The maximum Gasteiger partial charge on any atom is 0.528 e. The molecule has 0 aliphatic heterocycles. The molecule has 1 rings (SSSR count). The zero-order chi connectivity index (χ0) is 15.3. The van der Waals surface area contributed by atoms with Crippen LogP contribution in [0.4, 0.5) is 0 Å². The summed E-state index contributed by atoms with van der Waals surface area (Å²) in [4.78, 5) is 26.8. The van der Waals surface area contributed by atoms with Crippen LogP contribution in [0.5, 0.6) is 0 Å². The summed E-state index contributed by atoms with van der Waals surface area (Å²) >= 11 is 3.35. The van der Waals surface area contributed by atoms with Gasteiger partial charge in [0.25, 0.3) is 6.04 Å². The number of carboxylic acids is 1. The van der Waals surface area contributed by atoms with Gasteiger partial charge in [0.05, 0.1) is 0 Å². The highest BCUT2D eigenvalue weighted by molar-refractivity contribution is 7.81. The highest BCUT2D eigenvalue weighted by atomic mass is 32.1. The molecule has 0 amide bonds. The summed E-state index contributed by atoms with van der Waals surface area (Å²) in [6.07, 6.45) is 0. The van der Waals surface area contributed by atoms with Crippen LogP contribution in [0.2, 0.25) is 0 Å². The molecule has 0 unspecified atom stereocenters. The van der Waals surface area contributed by atoms with E-state index < -0.39 is 26.9 Å². The second kappa shape index (κ2) is 6.30. The summed E-state index contributed by atoms with van der Waals surface area (Å²) in [5.74, 6) is -1.73. The monoisotopic (exact) mass is 301 g/mol. The van der Waals surface area contributed by atoms with E-state index in [1.807, 2.05) is 0 Å². The van der Waals surface area contributed by atoms with E-state index in [9.17, 15) is 25.0 Å². The number of hydrogen-bond donors (Lipinski definition) is 3. The fraction of sp³-hybridized carbons (Fsp3) is 0.300. The molecule has 20 heavy (non-hydrogen) atoms. The molecule has 0 heterocycles. The van der Waals surface area contributed by atoms with Gasteiger partial charge in [-0.15, -0.1) is 0 Å². The Kier molecular flexibility index (Phi) is 5.00. The molecule has 0 saturated heterocycles. The van der Waals surface area contributed by atoms with Gasteiger partial charge in [0.15, 0.2) is 0 Å². The average Bonchev–Trinajstić information content (AvgIpc) is 2.38. The quantitative estimate of drug-likeness (QED) is 0.286. The predicted molar refractivity (Wildman–Crippen MR) is 70.4 cm³/mol. The van der Waals surface area contributed by atoms with Gasteiger partial charge in [0.2, 0.25) is 0 Å². The topological polar surface area (TPSA) is 136 Å². The van der Waals surface area contributed by atoms with Gasteiger partial charge in [0.1, 0.15) is 9.85 Å². The van der Waals surface area contributed by atoms with Crippen LogP contribution >= 0.6 is 12.6 Å². The molecule has 0 spiro atoms. The largest absolute Gasteiger partial charge is 0.528 e. The molecule has 108 valence electrons. The molecule has 10 heteroatoms. The minimum Gasteiger partial charge on any atom is -0.480 e. The summed E-state index contributed by atoms with van der Waals surface area (Å²) < 4.78 is 0. The fourth-order valence-electron chi connectivity index (χ4n) is 1.48. The lowest BCUT2D eigenvalue weighted by Crippen LogP contribution is -2.60. The molecule has 0 saturated carbocycles. The summed E-state index contributed by atoms with van der Waals surface area (Å²) in [6.45, 7) is -0.0816. The number of benzene rings is 1. The van der Waals surface area contributed by atoms with Crippen molar-refractivity contribution in [3.8, 4) is 0 Å². The maximum absolute atomic E-state index is 11.1. The number of hydrogen-bond acceptors (Lipinski definition) is 7. The van der Waals surface area contributed by atoms with E-state index in [0.717, 1.165) is 0 Å². The van der Waals surface area contributed by atoms with E-state index in [4.69, 9.17) is 5.11 Å². The maximum atomic E-state index is 11.1. The van der Waals surface area contributed by atoms with Gasteiger partial charge in [-0.25, -0.2) is 4.79 Å². The molecule has 0 aliphatic rings. The number of aliphatic carboxylic acids is 1. The first-order valence-corrected chi connectivity index (χ1v) is 5.76. The van der Waals surface area contributed by atoms with E-state index in [1.54, 1.807) is 30.3 Å². The van der Waals surface area contributed by atoms with E-state index >= 15 is 0 Å². The molecule has 0 fully saturated rings. The van der Waals surface area contributed by atoms with Crippen LogP contribution < -0.4 is 5.32 Å². The number of carboxylic acid groups (broad SMARTS) is 1. The molecule has 1 aromatic carbocycles. The van der Waals surface area contributed by atoms with Crippen LogP contribution in [0.15, 0.2) is 30.3 Å². The van der Waals surface area contributed by atoms with Crippen molar-refractivity contribution in [2.75, 3.05) is 0 Å². The normalized spacial score (nSPS) is 12.7. The molecule has 0 aromatic heterocycles. The second-order valence-electron chi connectivity index (χ2n) is 3.84. The number of nitrogens with one attached hydrogen (secondary N) is 1. The third-order valence-corrected chi connectivity index (χ3v) is 3.11. The lowest BCUT2D eigenvalue weighted by molar-refractivity contribution is -0.762. The lowest BCUT2D eigenvalue weighted by Gasteiger charge is -2.19. The second-order valence-corrected chi connectivity index (χ2v) is 4.50. The van der Waals surface area contributed by atoms with Crippen LogP contribution in [0, 0.1) is 20.2 Å². The fourth-order valence-corrected chi connectivity index (χ4v) is 1.68. The molecule has 9 nitrogen and oxygen atoms in total. The number of carbonyl (C=O) groups is 1. The highest BCUT2D eigenvalue weighted by Crippen LogP contribution is 2.22. The molecule has 2 N–H and O–H groups in total. The van der Waals surface area contributed by atoms with Gasteiger partial charge < -0.3 is 5.11 Å². The van der Waals surface area contributed by atoms with Gasteiger partial charge in [-0.3, -0.25) is 25.5 Å². The Labute approximate surface area is 118 Å². The first-order chi connectivity index (χ1) is 9.30. The van der Waals surface area contributed by atoms with Gasteiger partial charge in [0, 0.05) is 6.54 Å². The van der Waals surface area contributed by atoms with E-state index in [1.165, 1.54) is 0 Å². The Hall–Kier alpha value is -2.20. The van der Waals surface area contributed by atoms with Crippen molar-refractivity contribution in [2.24, 2.45) is 0 Å². The van der Waals surface area contributed by atoms with Crippen molar-refractivity contribution in [3.05, 3.63) is 56.1 Å². The van der Waals surface area contributed by atoms with Crippen molar-refractivity contribution in [1.82, 2.24) is 5.32 Å². The van der Waals surface area contributed by atoms with Gasteiger partial charge in [-0.05, 0) is 18.2 Å². The van der Waals surface area contributed by atoms with Crippen molar-refractivity contribution in [3.63, 3.8) is 0 Å². The summed E-state index contributed by atoms with van der Waals surface area (Å²) in [6, 6.07) is 6.30.